The van der Waals surface area contributed by atoms with Crippen molar-refractivity contribution in [3.63, 3.8) is 0 Å². The quantitative estimate of drug-likeness (QED) is 0.135. The Hall–Kier alpha value is -3.68. The van der Waals surface area contributed by atoms with Crippen LogP contribution in [0.5, 0.6) is 11.5 Å². The van der Waals surface area contributed by atoms with Gasteiger partial charge in [0.1, 0.15) is 4.90 Å². The molecule has 0 N–H and O–H groups in total. The van der Waals surface area contributed by atoms with Crippen LogP contribution in [0.3, 0.4) is 0 Å². The van der Waals surface area contributed by atoms with Crippen LogP contribution in [0.15, 0.2) is 74.9 Å². The van der Waals surface area contributed by atoms with Gasteiger partial charge in [0.05, 0.1) is 23.5 Å². The number of nitro benzene ring substituents is 1. The zero-order valence-electron chi connectivity index (χ0n) is 19.9. The number of carbonyl (C=O) groups is 2. The predicted molar refractivity (Wildman–Crippen MR) is 144 cm³/mol. The zero-order chi connectivity index (χ0) is 27.6. The molecule has 1 heterocycles. The fourth-order valence-corrected chi connectivity index (χ4v) is 5.57. The van der Waals surface area contributed by atoms with Crippen LogP contribution < -0.4 is 8.92 Å². The average Bonchev–Trinajstić information content (AvgIpc) is 3.13. The maximum atomic E-state index is 12.9. The molecule has 1 aliphatic heterocycles. The van der Waals surface area contributed by atoms with Gasteiger partial charge in [-0.1, -0.05) is 40.2 Å². The number of hydrogen-bond donors (Lipinski definition) is 0. The first-order chi connectivity index (χ1) is 18.0. The molecule has 1 fully saturated rings. The van der Waals surface area contributed by atoms with Gasteiger partial charge >= 0.3 is 10.1 Å². The molecule has 13 heteroatoms. The molecular formula is C25H19BrN2O8S2. The summed E-state index contributed by atoms with van der Waals surface area (Å²) >= 11 is 4.14. The van der Waals surface area contributed by atoms with E-state index in [0.717, 1.165) is 32.8 Å². The van der Waals surface area contributed by atoms with Crippen molar-refractivity contribution in [1.29, 1.82) is 0 Å². The highest BCUT2D eigenvalue weighted by atomic mass is 79.9. The Balaban J connectivity index is 1.56. The molecule has 0 atom stereocenters. The number of thioether (sulfide) groups is 1. The van der Waals surface area contributed by atoms with Crippen molar-refractivity contribution in [3.05, 3.63) is 96.8 Å². The van der Waals surface area contributed by atoms with Gasteiger partial charge in [0, 0.05) is 16.1 Å². The van der Waals surface area contributed by atoms with Gasteiger partial charge in [-0.25, -0.2) is 0 Å². The van der Waals surface area contributed by atoms with E-state index in [9.17, 15) is 28.1 Å². The number of benzene rings is 3. The second-order valence-corrected chi connectivity index (χ2v) is 11.5. The summed E-state index contributed by atoms with van der Waals surface area (Å²) in [4.78, 5) is 36.8. The van der Waals surface area contributed by atoms with Gasteiger partial charge in [0.15, 0.2) is 11.5 Å². The Labute approximate surface area is 230 Å². The smallest absolute Gasteiger partial charge is 0.339 e. The van der Waals surface area contributed by atoms with E-state index in [4.69, 9.17) is 8.92 Å². The molecule has 0 saturated carbocycles. The molecule has 196 valence electrons. The minimum Gasteiger partial charge on any atom is -0.493 e. The van der Waals surface area contributed by atoms with E-state index in [1.807, 2.05) is 24.3 Å². The van der Waals surface area contributed by atoms with Crippen LogP contribution in [0, 0.1) is 17.0 Å². The Morgan fingerprint density at radius 3 is 2.42 bits per heavy atom. The lowest BCUT2D eigenvalue weighted by Gasteiger charge is -2.12. The van der Waals surface area contributed by atoms with Crippen LogP contribution in [0.2, 0.25) is 0 Å². The number of aryl methyl sites for hydroxylation is 1. The SMILES string of the molecule is COc1cc(/C=C2\SC(=O)N(Cc3ccc(Br)cc3)C2=O)ccc1OS(=O)(=O)c1ccc(C)c([N+](=O)[O-])c1. The number of imide groups is 1. The van der Waals surface area contributed by atoms with Crippen molar-refractivity contribution in [3.8, 4) is 11.5 Å². The van der Waals surface area contributed by atoms with Crippen LogP contribution in [0.25, 0.3) is 6.08 Å². The van der Waals surface area contributed by atoms with Gasteiger partial charge in [0.2, 0.25) is 0 Å². The third-order valence-electron chi connectivity index (χ3n) is 5.48. The molecule has 4 rings (SSSR count). The molecule has 0 radical (unpaired) electrons. The molecule has 3 aromatic carbocycles. The van der Waals surface area contributed by atoms with Crippen molar-refractivity contribution in [2.75, 3.05) is 7.11 Å². The Bertz CT molecular complexity index is 1590. The third-order valence-corrected chi connectivity index (χ3v) is 8.14. The number of carbonyl (C=O) groups excluding carboxylic acids is 2. The standard InChI is InChI=1S/C25H19BrN2O8S2/c1-15-3-9-19(13-20(15)28(31)32)38(33,34)36-21-10-6-17(11-22(21)35-2)12-23-24(29)27(25(30)37-23)14-16-4-7-18(26)8-5-16/h3-13H,14H2,1-2H3/b23-12-. The van der Waals surface area contributed by atoms with E-state index < -0.39 is 26.2 Å². The molecule has 38 heavy (non-hydrogen) atoms. The highest BCUT2D eigenvalue weighted by Crippen LogP contribution is 2.36. The molecule has 0 spiro atoms. The molecule has 1 aliphatic rings. The van der Waals surface area contributed by atoms with Crippen molar-refractivity contribution in [2.45, 2.75) is 18.4 Å². The molecule has 0 bridgehead atoms. The van der Waals surface area contributed by atoms with Gasteiger partial charge in [0.25, 0.3) is 16.8 Å². The van der Waals surface area contributed by atoms with Crippen LogP contribution in [0.1, 0.15) is 16.7 Å². The lowest BCUT2D eigenvalue weighted by molar-refractivity contribution is -0.385. The number of ether oxygens (including phenoxy) is 1. The zero-order valence-corrected chi connectivity index (χ0v) is 23.1. The maximum Gasteiger partial charge on any atom is 0.339 e. The highest BCUT2D eigenvalue weighted by Gasteiger charge is 2.35. The number of rotatable bonds is 8. The summed E-state index contributed by atoms with van der Waals surface area (Å²) in [7, 11) is -3.12. The molecule has 0 aromatic heterocycles. The molecule has 0 aliphatic carbocycles. The molecular weight excluding hydrogens is 600 g/mol. The minimum atomic E-state index is -4.42. The Morgan fingerprint density at radius 1 is 1.05 bits per heavy atom. The minimum absolute atomic E-state index is 0.0398. The van der Waals surface area contributed by atoms with Crippen LogP contribution in [-0.2, 0) is 21.5 Å². The summed E-state index contributed by atoms with van der Waals surface area (Å²) in [6.07, 6.45) is 1.50. The van der Waals surface area contributed by atoms with E-state index in [2.05, 4.69) is 15.9 Å². The van der Waals surface area contributed by atoms with Crippen molar-refractivity contribution in [1.82, 2.24) is 4.90 Å². The number of nitro groups is 1. The van der Waals surface area contributed by atoms with Crippen molar-refractivity contribution < 1.29 is 31.9 Å². The summed E-state index contributed by atoms with van der Waals surface area (Å²) in [5.41, 5.74) is 1.20. The molecule has 2 amide bonds. The second-order valence-electron chi connectivity index (χ2n) is 8.05. The molecule has 1 saturated heterocycles. The van der Waals surface area contributed by atoms with E-state index in [-0.39, 0.29) is 33.5 Å². The Kier molecular flexibility index (Phi) is 7.90. The fraction of sp³-hybridized carbons (Fsp3) is 0.120. The molecule has 3 aromatic rings. The van der Waals surface area contributed by atoms with Gasteiger partial charge in [-0.15, -0.1) is 0 Å². The topological polar surface area (TPSA) is 133 Å². The lowest BCUT2D eigenvalue weighted by Crippen LogP contribution is -2.27. The normalized spacial score (nSPS) is 14.7. The van der Waals surface area contributed by atoms with Gasteiger partial charge in [-0.3, -0.25) is 24.6 Å². The largest absolute Gasteiger partial charge is 0.493 e. The second kappa shape index (κ2) is 11.0. The monoisotopic (exact) mass is 618 g/mol. The first-order valence-corrected chi connectivity index (χ1v) is 13.9. The fourth-order valence-electron chi connectivity index (χ4n) is 3.51. The van der Waals surface area contributed by atoms with Gasteiger partial charge in [-0.05, 0) is 66.2 Å². The summed E-state index contributed by atoms with van der Waals surface area (Å²) in [6, 6.07) is 15.0. The van der Waals surface area contributed by atoms with Crippen LogP contribution >= 0.6 is 27.7 Å². The first kappa shape index (κ1) is 27.4. The number of hydrogen-bond acceptors (Lipinski definition) is 9. The number of methoxy groups -OCH3 is 1. The van der Waals surface area contributed by atoms with Crippen molar-refractivity contribution >= 4 is 60.7 Å². The van der Waals surface area contributed by atoms with Crippen LogP contribution in [-0.4, -0.2) is 36.5 Å². The van der Waals surface area contributed by atoms with E-state index in [1.54, 1.807) is 0 Å². The summed E-state index contributed by atoms with van der Waals surface area (Å²) in [5, 5.41) is 10.8. The number of nitrogens with zero attached hydrogens (tertiary/aromatic N) is 2. The maximum absolute atomic E-state index is 12.9. The summed E-state index contributed by atoms with van der Waals surface area (Å²) in [5.74, 6) is -0.569. The molecule has 0 unspecified atom stereocenters. The van der Waals surface area contributed by atoms with E-state index in [1.165, 1.54) is 50.4 Å². The van der Waals surface area contributed by atoms with Gasteiger partial charge in [-0.2, -0.15) is 8.42 Å². The highest BCUT2D eigenvalue weighted by molar-refractivity contribution is 9.10. The summed E-state index contributed by atoms with van der Waals surface area (Å²) in [6.45, 7) is 1.62. The van der Waals surface area contributed by atoms with Crippen LogP contribution in [0.4, 0.5) is 10.5 Å². The third kappa shape index (κ3) is 5.90. The Morgan fingerprint density at radius 2 is 1.76 bits per heavy atom. The average molecular weight is 619 g/mol. The summed E-state index contributed by atoms with van der Waals surface area (Å²) < 4.78 is 37.0. The first-order valence-electron chi connectivity index (χ1n) is 10.9. The predicted octanol–water partition coefficient (Wildman–Crippen LogP) is 5.68. The van der Waals surface area contributed by atoms with Gasteiger partial charge < -0.3 is 8.92 Å². The number of halogens is 1. The van der Waals surface area contributed by atoms with E-state index in [0.29, 0.717) is 11.1 Å². The van der Waals surface area contributed by atoms with Crippen molar-refractivity contribution in [2.24, 2.45) is 0 Å². The lowest BCUT2D eigenvalue weighted by atomic mass is 10.1. The van der Waals surface area contributed by atoms with E-state index >= 15 is 0 Å². The molecule has 10 nitrogen and oxygen atoms in total. The number of amides is 2.